The van der Waals surface area contributed by atoms with E-state index in [2.05, 4.69) is 4.98 Å². The molecule has 2 rings (SSSR count). The number of pyridine rings is 1. The second kappa shape index (κ2) is 3.96. The van der Waals surface area contributed by atoms with Crippen molar-refractivity contribution in [1.82, 2.24) is 9.38 Å². The van der Waals surface area contributed by atoms with Gasteiger partial charge in [-0.05, 0) is 30.5 Å². The van der Waals surface area contributed by atoms with Crippen molar-refractivity contribution in [3.05, 3.63) is 35.9 Å². The largest absolute Gasteiger partial charge is 0.481 e. The summed E-state index contributed by atoms with van der Waals surface area (Å²) in [6.45, 7) is 3.87. The molecule has 0 amide bonds. The lowest BCUT2D eigenvalue weighted by atomic mass is 9.98. The minimum atomic E-state index is -0.766. The molecule has 2 aromatic rings. The van der Waals surface area contributed by atoms with E-state index < -0.39 is 5.97 Å². The van der Waals surface area contributed by atoms with Crippen LogP contribution in [0.2, 0.25) is 0 Å². The van der Waals surface area contributed by atoms with Crippen LogP contribution in [-0.2, 0) is 4.79 Å². The fourth-order valence-electron chi connectivity index (χ4n) is 1.82. The maximum Gasteiger partial charge on any atom is 0.303 e. The van der Waals surface area contributed by atoms with Crippen molar-refractivity contribution in [3.63, 3.8) is 0 Å². The first-order valence-corrected chi connectivity index (χ1v) is 5.23. The zero-order valence-corrected chi connectivity index (χ0v) is 9.34. The van der Waals surface area contributed by atoms with Crippen LogP contribution in [0.1, 0.15) is 30.5 Å². The highest BCUT2D eigenvalue weighted by Crippen LogP contribution is 2.21. The Bertz CT molecular complexity index is 531. The number of nitrogens with zero attached hydrogens (tertiary/aromatic N) is 2. The molecule has 0 saturated carbocycles. The molecule has 0 aliphatic rings. The molecular formula is C12H14N2O2. The van der Waals surface area contributed by atoms with E-state index in [0.717, 1.165) is 16.8 Å². The Morgan fingerprint density at radius 2 is 2.38 bits per heavy atom. The second-order valence-corrected chi connectivity index (χ2v) is 4.08. The smallest absolute Gasteiger partial charge is 0.303 e. The van der Waals surface area contributed by atoms with Gasteiger partial charge in [-0.3, -0.25) is 4.79 Å². The lowest BCUT2D eigenvalue weighted by Gasteiger charge is -2.09. The summed E-state index contributed by atoms with van der Waals surface area (Å²) in [6.07, 6.45) is 3.84. The molecule has 0 fully saturated rings. The molecule has 0 radical (unpaired) electrons. The molecule has 1 atom stereocenters. The zero-order chi connectivity index (χ0) is 11.7. The van der Waals surface area contributed by atoms with Crippen molar-refractivity contribution < 1.29 is 9.90 Å². The predicted molar refractivity (Wildman–Crippen MR) is 60.6 cm³/mol. The van der Waals surface area contributed by atoms with Gasteiger partial charge >= 0.3 is 5.97 Å². The molecule has 1 N–H and O–H groups in total. The number of aliphatic carboxylic acids is 1. The summed E-state index contributed by atoms with van der Waals surface area (Å²) in [7, 11) is 0. The highest BCUT2D eigenvalue weighted by Gasteiger charge is 2.11. The summed E-state index contributed by atoms with van der Waals surface area (Å²) in [6, 6.07) is 3.96. The number of fused-ring (bicyclic) bond motifs is 1. The Morgan fingerprint density at radius 1 is 1.62 bits per heavy atom. The highest BCUT2D eigenvalue weighted by molar-refractivity contribution is 5.68. The molecule has 16 heavy (non-hydrogen) atoms. The molecule has 2 heterocycles. The summed E-state index contributed by atoms with van der Waals surface area (Å²) < 4.78 is 1.94. The minimum absolute atomic E-state index is 0.0248. The van der Waals surface area contributed by atoms with Gasteiger partial charge in [-0.15, -0.1) is 0 Å². The fourth-order valence-corrected chi connectivity index (χ4v) is 1.82. The number of aromatic nitrogens is 2. The fraction of sp³-hybridized carbons (Fsp3) is 0.333. The number of imidazole rings is 1. The quantitative estimate of drug-likeness (QED) is 0.859. The van der Waals surface area contributed by atoms with Gasteiger partial charge in [-0.25, -0.2) is 4.98 Å². The van der Waals surface area contributed by atoms with E-state index >= 15 is 0 Å². The van der Waals surface area contributed by atoms with E-state index in [1.54, 1.807) is 6.33 Å². The third kappa shape index (κ3) is 1.91. The van der Waals surface area contributed by atoms with E-state index in [0.29, 0.717) is 0 Å². The lowest BCUT2D eigenvalue weighted by molar-refractivity contribution is -0.137. The summed E-state index contributed by atoms with van der Waals surface area (Å²) >= 11 is 0. The van der Waals surface area contributed by atoms with Crippen LogP contribution in [-0.4, -0.2) is 20.5 Å². The first-order valence-electron chi connectivity index (χ1n) is 5.23. The van der Waals surface area contributed by atoms with E-state index in [4.69, 9.17) is 5.11 Å². The van der Waals surface area contributed by atoms with Crippen LogP contribution >= 0.6 is 0 Å². The van der Waals surface area contributed by atoms with Crippen LogP contribution in [0.25, 0.3) is 5.52 Å². The first kappa shape index (κ1) is 10.7. The average molecular weight is 218 g/mol. The number of carbonyl (C=O) groups is 1. The Labute approximate surface area is 93.5 Å². The van der Waals surface area contributed by atoms with Crippen molar-refractivity contribution in [2.75, 3.05) is 0 Å². The van der Waals surface area contributed by atoms with E-state index in [9.17, 15) is 4.79 Å². The van der Waals surface area contributed by atoms with Crippen molar-refractivity contribution in [3.8, 4) is 0 Å². The standard InChI is InChI=1S/C12H14N2O2/c1-8(5-12(15)16)10-3-4-14-7-13-9(2)11(14)6-10/h3-4,6-8H,5H2,1-2H3,(H,15,16). The Kier molecular flexibility index (Phi) is 2.64. The number of rotatable bonds is 3. The summed E-state index contributed by atoms with van der Waals surface area (Å²) in [4.78, 5) is 14.8. The summed E-state index contributed by atoms with van der Waals surface area (Å²) in [5.41, 5.74) is 3.04. The molecule has 2 aromatic heterocycles. The molecule has 4 heteroatoms. The Balaban J connectivity index is 2.38. The minimum Gasteiger partial charge on any atom is -0.481 e. The SMILES string of the molecule is Cc1ncn2ccc(C(C)CC(=O)O)cc12. The van der Waals surface area contributed by atoms with Crippen LogP contribution in [0, 0.1) is 6.92 Å². The van der Waals surface area contributed by atoms with E-state index in [1.807, 2.05) is 36.6 Å². The maximum absolute atomic E-state index is 10.6. The van der Waals surface area contributed by atoms with Crippen LogP contribution in [0.3, 0.4) is 0 Å². The molecular weight excluding hydrogens is 204 g/mol. The van der Waals surface area contributed by atoms with Crippen LogP contribution in [0.4, 0.5) is 0 Å². The Hall–Kier alpha value is -1.84. The van der Waals surface area contributed by atoms with E-state index in [1.165, 1.54) is 0 Å². The van der Waals surface area contributed by atoms with Crippen molar-refractivity contribution in [2.45, 2.75) is 26.2 Å². The van der Waals surface area contributed by atoms with Gasteiger partial charge in [-0.2, -0.15) is 0 Å². The first-order chi connectivity index (χ1) is 7.58. The van der Waals surface area contributed by atoms with Gasteiger partial charge in [0.05, 0.1) is 24.0 Å². The molecule has 1 unspecified atom stereocenters. The number of hydrogen-bond donors (Lipinski definition) is 1. The third-order valence-electron chi connectivity index (χ3n) is 2.81. The van der Waals surface area contributed by atoms with Crippen LogP contribution in [0.15, 0.2) is 24.7 Å². The maximum atomic E-state index is 10.6. The molecule has 84 valence electrons. The van der Waals surface area contributed by atoms with Gasteiger partial charge in [0.2, 0.25) is 0 Å². The Morgan fingerprint density at radius 3 is 3.06 bits per heavy atom. The number of aryl methyl sites for hydroxylation is 1. The van der Waals surface area contributed by atoms with Gasteiger partial charge in [0, 0.05) is 6.20 Å². The normalized spacial score (nSPS) is 12.9. The van der Waals surface area contributed by atoms with Gasteiger partial charge in [0.15, 0.2) is 0 Å². The molecule has 0 spiro atoms. The van der Waals surface area contributed by atoms with Crippen LogP contribution < -0.4 is 0 Å². The molecule has 0 aliphatic carbocycles. The van der Waals surface area contributed by atoms with Crippen LogP contribution in [0.5, 0.6) is 0 Å². The molecule has 4 nitrogen and oxygen atoms in total. The third-order valence-corrected chi connectivity index (χ3v) is 2.81. The zero-order valence-electron chi connectivity index (χ0n) is 9.34. The van der Waals surface area contributed by atoms with Crippen molar-refractivity contribution in [2.24, 2.45) is 0 Å². The predicted octanol–water partition coefficient (Wildman–Crippen LogP) is 2.22. The van der Waals surface area contributed by atoms with Gasteiger partial charge in [0.1, 0.15) is 0 Å². The van der Waals surface area contributed by atoms with E-state index in [-0.39, 0.29) is 12.3 Å². The molecule has 0 aliphatic heterocycles. The number of carboxylic acid groups (broad SMARTS) is 1. The highest BCUT2D eigenvalue weighted by atomic mass is 16.4. The topological polar surface area (TPSA) is 54.6 Å². The second-order valence-electron chi connectivity index (χ2n) is 4.08. The van der Waals surface area contributed by atoms with Crippen molar-refractivity contribution >= 4 is 11.5 Å². The molecule has 0 aromatic carbocycles. The monoisotopic (exact) mass is 218 g/mol. The van der Waals surface area contributed by atoms with Gasteiger partial charge in [0.25, 0.3) is 0 Å². The lowest BCUT2D eigenvalue weighted by Crippen LogP contribution is -2.03. The number of hydrogen-bond acceptors (Lipinski definition) is 2. The summed E-state index contributed by atoms with van der Waals surface area (Å²) in [5, 5.41) is 8.76. The average Bonchev–Trinajstić information content (AvgIpc) is 2.59. The van der Waals surface area contributed by atoms with Gasteiger partial charge in [-0.1, -0.05) is 6.92 Å². The van der Waals surface area contributed by atoms with Crippen molar-refractivity contribution in [1.29, 1.82) is 0 Å². The molecule has 0 bridgehead atoms. The van der Waals surface area contributed by atoms with Gasteiger partial charge < -0.3 is 9.51 Å². The number of carboxylic acids is 1. The summed E-state index contributed by atoms with van der Waals surface area (Å²) in [5.74, 6) is -0.741. The molecule has 0 saturated heterocycles.